The fourth-order valence-electron chi connectivity index (χ4n) is 4.22. The highest BCUT2D eigenvalue weighted by molar-refractivity contribution is 6.05. The van der Waals surface area contributed by atoms with E-state index in [9.17, 15) is 14.4 Å². The molecule has 0 spiro atoms. The number of piperidine rings is 1. The van der Waals surface area contributed by atoms with E-state index in [0.717, 1.165) is 24.1 Å². The Morgan fingerprint density at radius 1 is 1.23 bits per heavy atom. The Bertz CT molecular complexity index is 763. The predicted octanol–water partition coefficient (Wildman–Crippen LogP) is 0.288. The summed E-state index contributed by atoms with van der Waals surface area (Å²) in [5, 5.41) is 9.31. The zero-order chi connectivity index (χ0) is 18.3. The van der Waals surface area contributed by atoms with Gasteiger partial charge in [0.1, 0.15) is 6.04 Å². The first-order valence-corrected chi connectivity index (χ1v) is 9.27. The third-order valence-corrected chi connectivity index (χ3v) is 5.72. The van der Waals surface area contributed by atoms with Crippen molar-refractivity contribution in [1.29, 1.82) is 0 Å². The van der Waals surface area contributed by atoms with Gasteiger partial charge in [-0.05, 0) is 37.4 Å². The Balaban J connectivity index is 1.51. The maximum Gasteiger partial charge on any atom is 0.255 e. The fourth-order valence-corrected chi connectivity index (χ4v) is 4.22. The first-order chi connectivity index (χ1) is 12.5. The molecule has 1 aromatic rings. The minimum Gasteiger partial charge on any atom is -0.322 e. The van der Waals surface area contributed by atoms with Gasteiger partial charge in [0.15, 0.2) is 0 Å². The van der Waals surface area contributed by atoms with E-state index >= 15 is 0 Å². The molecule has 0 radical (unpaired) electrons. The molecule has 3 atom stereocenters. The first-order valence-electron chi connectivity index (χ1n) is 9.27. The summed E-state index contributed by atoms with van der Waals surface area (Å²) in [5.41, 5.74) is 2.64. The van der Waals surface area contributed by atoms with Crippen LogP contribution in [-0.2, 0) is 22.7 Å². The zero-order valence-corrected chi connectivity index (χ0v) is 14.9. The average molecular weight is 356 g/mol. The number of hydrogen-bond acceptors (Lipinski definition) is 5. The minimum absolute atomic E-state index is 0.107. The third kappa shape index (κ3) is 3.01. The van der Waals surface area contributed by atoms with Crippen molar-refractivity contribution < 1.29 is 14.4 Å². The fraction of sp³-hybridized carbons (Fsp3) is 0.526. The molecular weight excluding hydrogens is 332 g/mol. The predicted molar refractivity (Wildman–Crippen MR) is 95.2 cm³/mol. The van der Waals surface area contributed by atoms with Crippen molar-refractivity contribution in [3.8, 4) is 0 Å². The highest BCUT2D eigenvalue weighted by atomic mass is 16.2. The molecular formula is C19H24N4O3. The van der Waals surface area contributed by atoms with Crippen LogP contribution in [0.15, 0.2) is 18.2 Å². The quantitative estimate of drug-likeness (QED) is 0.675. The van der Waals surface area contributed by atoms with E-state index in [2.05, 4.69) is 22.9 Å². The van der Waals surface area contributed by atoms with Gasteiger partial charge in [-0.25, -0.2) is 0 Å². The molecule has 1 unspecified atom stereocenters. The summed E-state index contributed by atoms with van der Waals surface area (Å²) in [4.78, 5) is 38.2. The van der Waals surface area contributed by atoms with Crippen LogP contribution < -0.4 is 16.0 Å². The molecule has 1 aromatic carbocycles. The van der Waals surface area contributed by atoms with Crippen molar-refractivity contribution >= 4 is 17.7 Å². The second kappa shape index (κ2) is 6.81. The summed E-state index contributed by atoms with van der Waals surface area (Å²) in [6, 6.07) is 6.14. The van der Waals surface area contributed by atoms with Crippen LogP contribution in [0.5, 0.6) is 0 Å². The Morgan fingerprint density at radius 2 is 2.08 bits per heavy atom. The van der Waals surface area contributed by atoms with Crippen LogP contribution in [0.2, 0.25) is 0 Å². The molecule has 2 saturated heterocycles. The summed E-state index contributed by atoms with van der Waals surface area (Å²) < 4.78 is 0. The number of rotatable bonds is 4. The van der Waals surface area contributed by atoms with Crippen LogP contribution in [0, 0.1) is 0 Å². The molecule has 7 nitrogen and oxygen atoms in total. The largest absolute Gasteiger partial charge is 0.322 e. The summed E-state index contributed by atoms with van der Waals surface area (Å²) >= 11 is 0. The lowest BCUT2D eigenvalue weighted by molar-refractivity contribution is -0.136. The van der Waals surface area contributed by atoms with E-state index in [-0.39, 0.29) is 24.1 Å². The zero-order valence-electron chi connectivity index (χ0n) is 14.9. The molecule has 26 heavy (non-hydrogen) atoms. The summed E-state index contributed by atoms with van der Waals surface area (Å²) in [6.07, 6.45) is 1.74. The molecule has 7 heteroatoms. The van der Waals surface area contributed by atoms with E-state index < -0.39 is 6.04 Å². The number of amides is 3. The Hall–Kier alpha value is -2.25. The lowest BCUT2D eigenvalue weighted by Gasteiger charge is -2.29. The van der Waals surface area contributed by atoms with E-state index in [1.807, 2.05) is 18.2 Å². The van der Waals surface area contributed by atoms with Crippen LogP contribution in [0.4, 0.5) is 0 Å². The summed E-state index contributed by atoms with van der Waals surface area (Å²) in [5.74, 6) is -0.739. The van der Waals surface area contributed by atoms with Gasteiger partial charge in [-0.3, -0.25) is 19.7 Å². The molecule has 3 amide bonds. The first kappa shape index (κ1) is 17.2. The second-order valence-electron chi connectivity index (χ2n) is 7.37. The van der Waals surface area contributed by atoms with Gasteiger partial charge >= 0.3 is 0 Å². The Kier molecular flexibility index (Phi) is 4.50. The van der Waals surface area contributed by atoms with Gasteiger partial charge in [-0.15, -0.1) is 0 Å². The van der Waals surface area contributed by atoms with Crippen molar-refractivity contribution in [3.63, 3.8) is 0 Å². The Labute approximate surface area is 152 Å². The molecule has 0 aromatic heterocycles. The van der Waals surface area contributed by atoms with Crippen LogP contribution in [0.25, 0.3) is 0 Å². The standard InChI is InChI=1S/C19H24N4O3/c1-11-14(7-8-20-11)21-9-12-3-2-4-13-10-23(19(26)17(12)13)15-5-6-16(24)22-18(15)25/h2-4,11,14-15,20-21H,5-10H2,1H3,(H,22,24,25)/t11-,14+,15?/m0/s1. The number of imide groups is 1. The topological polar surface area (TPSA) is 90.5 Å². The van der Waals surface area contributed by atoms with Gasteiger partial charge in [-0.1, -0.05) is 18.2 Å². The molecule has 3 N–H and O–H groups in total. The number of benzene rings is 1. The highest BCUT2D eigenvalue weighted by Crippen LogP contribution is 2.30. The van der Waals surface area contributed by atoms with Gasteiger partial charge in [0.2, 0.25) is 11.8 Å². The number of nitrogens with zero attached hydrogens (tertiary/aromatic N) is 1. The SMILES string of the molecule is C[C@@H]1NCC[C@H]1NCc1cccc2c1C(=O)N(C1CCC(=O)NC1=O)C2. The molecule has 3 aliphatic rings. The van der Waals surface area contributed by atoms with E-state index in [1.165, 1.54) is 0 Å². The smallest absolute Gasteiger partial charge is 0.255 e. The third-order valence-electron chi connectivity index (χ3n) is 5.72. The maximum absolute atomic E-state index is 13.0. The van der Waals surface area contributed by atoms with Crippen LogP contribution >= 0.6 is 0 Å². The monoisotopic (exact) mass is 356 g/mol. The Morgan fingerprint density at radius 3 is 2.81 bits per heavy atom. The van der Waals surface area contributed by atoms with Crippen molar-refractivity contribution in [2.45, 2.75) is 57.4 Å². The van der Waals surface area contributed by atoms with E-state index in [4.69, 9.17) is 0 Å². The molecule has 0 aliphatic carbocycles. The molecule has 2 fully saturated rings. The van der Waals surface area contributed by atoms with Gasteiger partial charge in [-0.2, -0.15) is 0 Å². The van der Waals surface area contributed by atoms with Gasteiger partial charge in [0.05, 0.1) is 0 Å². The van der Waals surface area contributed by atoms with Crippen molar-refractivity contribution in [2.75, 3.05) is 6.54 Å². The molecule has 3 aliphatic heterocycles. The lowest BCUT2D eigenvalue weighted by Crippen LogP contribution is -2.52. The summed E-state index contributed by atoms with van der Waals surface area (Å²) in [6.45, 7) is 4.23. The van der Waals surface area contributed by atoms with Crippen LogP contribution in [-0.4, -0.2) is 47.3 Å². The second-order valence-corrected chi connectivity index (χ2v) is 7.37. The molecule has 0 bridgehead atoms. The van der Waals surface area contributed by atoms with E-state index in [0.29, 0.717) is 37.2 Å². The van der Waals surface area contributed by atoms with Gasteiger partial charge < -0.3 is 15.5 Å². The summed E-state index contributed by atoms with van der Waals surface area (Å²) in [7, 11) is 0. The van der Waals surface area contributed by atoms with Crippen molar-refractivity contribution in [3.05, 3.63) is 34.9 Å². The van der Waals surface area contributed by atoms with Crippen LogP contribution in [0.1, 0.15) is 47.7 Å². The minimum atomic E-state index is -0.563. The molecule has 3 heterocycles. The highest BCUT2D eigenvalue weighted by Gasteiger charge is 2.40. The normalized spacial score (nSPS) is 28.4. The molecule has 138 valence electrons. The molecule has 0 saturated carbocycles. The molecule has 4 rings (SSSR count). The van der Waals surface area contributed by atoms with Crippen LogP contribution in [0.3, 0.4) is 0 Å². The van der Waals surface area contributed by atoms with Crippen molar-refractivity contribution in [2.24, 2.45) is 0 Å². The average Bonchev–Trinajstić information content (AvgIpc) is 3.17. The number of fused-ring (bicyclic) bond motifs is 1. The number of carbonyl (C=O) groups excluding carboxylic acids is 3. The van der Waals surface area contributed by atoms with Gasteiger partial charge in [0, 0.05) is 37.2 Å². The van der Waals surface area contributed by atoms with E-state index in [1.54, 1.807) is 4.90 Å². The van der Waals surface area contributed by atoms with Crippen molar-refractivity contribution in [1.82, 2.24) is 20.9 Å². The number of carbonyl (C=O) groups is 3. The number of nitrogens with one attached hydrogen (secondary N) is 3. The number of hydrogen-bond donors (Lipinski definition) is 3. The maximum atomic E-state index is 13.0. The van der Waals surface area contributed by atoms with Gasteiger partial charge in [0.25, 0.3) is 5.91 Å². The lowest BCUT2D eigenvalue weighted by atomic mass is 10.0.